The monoisotopic (exact) mass is 738 g/mol. The van der Waals surface area contributed by atoms with Crippen LogP contribution in [-0.4, -0.2) is 66.4 Å². The number of aliphatic hydroxyl groups excluding tert-OH is 3. The first kappa shape index (κ1) is 37.8. The van der Waals surface area contributed by atoms with E-state index >= 15 is 0 Å². The highest BCUT2D eigenvalue weighted by Gasteiger charge is 2.48. The fourth-order valence-corrected chi connectivity index (χ4v) is 7.10. The Hall–Kier alpha value is -5.96. The number of carbonyl (C=O) groups is 1. The zero-order valence-electron chi connectivity index (χ0n) is 29.7. The van der Waals surface area contributed by atoms with Gasteiger partial charge in [0.1, 0.15) is 63.9 Å². The molecule has 0 unspecified atom stereocenters. The van der Waals surface area contributed by atoms with Gasteiger partial charge in [0.2, 0.25) is 0 Å². The van der Waals surface area contributed by atoms with E-state index < -0.39 is 60.5 Å². The predicted molar refractivity (Wildman–Crippen MR) is 199 cm³/mol. The molecule has 2 aromatic carbocycles. The van der Waals surface area contributed by atoms with Crippen molar-refractivity contribution < 1.29 is 44.2 Å². The molecule has 54 heavy (non-hydrogen) atoms. The van der Waals surface area contributed by atoms with Gasteiger partial charge in [-0.25, -0.2) is 14.8 Å². The van der Waals surface area contributed by atoms with Crippen molar-refractivity contribution in [3.05, 3.63) is 122 Å². The first-order valence-electron chi connectivity index (χ1n) is 17.3. The molecule has 14 heteroatoms. The maximum atomic E-state index is 13.8. The van der Waals surface area contributed by atoms with Crippen LogP contribution in [0.3, 0.4) is 0 Å². The molecule has 1 aliphatic rings. The lowest BCUT2D eigenvalue weighted by Gasteiger charge is -2.44. The lowest BCUT2D eigenvalue weighted by molar-refractivity contribution is -0.159. The number of phenolic OH excluding ortho intramolecular Hbond substituents is 2. The number of ether oxygens (including phenoxy) is 2. The number of carbonyl (C=O) groups excluding carboxylic acids is 1. The molecule has 282 valence electrons. The van der Waals surface area contributed by atoms with E-state index in [2.05, 4.69) is 9.97 Å². The van der Waals surface area contributed by atoms with Crippen molar-refractivity contribution in [2.24, 2.45) is 0 Å². The molecule has 0 radical (unpaired) electrons. The lowest BCUT2D eigenvalue weighted by atomic mass is 9.74. The Kier molecular flexibility index (Phi) is 10.9. The number of aromatic hydroxyl groups is 2. The van der Waals surface area contributed by atoms with E-state index in [1.807, 2.05) is 6.07 Å². The fraction of sp³-hybridized carbons (Fsp3) is 0.300. The number of benzene rings is 2. The summed E-state index contributed by atoms with van der Waals surface area (Å²) in [5.41, 5.74) is 12.1. The molecular weight excluding hydrogens is 696 g/mol. The molecule has 14 nitrogen and oxygen atoms in total. The van der Waals surface area contributed by atoms with Crippen molar-refractivity contribution >= 4 is 28.6 Å². The van der Waals surface area contributed by atoms with Crippen LogP contribution in [0.1, 0.15) is 65.7 Å². The van der Waals surface area contributed by atoms with Gasteiger partial charge in [-0.05, 0) is 73.7 Å². The summed E-state index contributed by atoms with van der Waals surface area (Å²) in [7, 11) is 0. The van der Waals surface area contributed by atoms with E-state index in [1.165, 1.54) is 24.4 Å². The molecule has 4 heterocycles. The van der Waals surface area contributed by atoms with Gasteiger partial charge in [0.15, 0.2) is 5.43 Å². The van der Waals surface area contributed by atoms with Gasteiger partial charge >= 0.3 is 5.97 Å². The number of nitrogens with zero attached hydrogens (tertiary/aromatic N) is 2. The minimum Gasteiger partial charge on any atom is -0.508 e. The molecule has 0 bridgehead atoms. The SMILES string of the molecule is C/C=C(/CO)C(=O)O[C@@H]1Cc2c(c([C@@H](c3ccnc(N)c3)[C@H](CO)c3cccc(O)c3)c3oc(CO)cc(=O)c3c2O)O[C@@]1(C)CCc1ccc(N)nc1. The number of fused-ring (bicyclic) bond motifs is 2. The van der Waals surface area contributed by atoms with Gasteiger partial charge in [-0.15, -0.1) is 0 Å². The third kappa shape index (κ3) is 7.31. The van der Waals surface area contributed by atoms with Gasteiger partial charge in [-0.1, -0.05) is 24.3 Å². The van der Waals surface area contributed by atoms with E-state index in [1.54, 1.807) is 50.4 Å². The quantitative estimate of drug-likeness (QED) is 0.0713. The lowest BCUT2D eigenvalue weighted by Crippen LogP contribution is -2.52. The van der Waals surface area contributed by atoms with Gasteiger partial charge in [0.05, 0.1) is 18.8 Å². The van der Waals surface area contributed by atoms with Crippen LogP contribution in [0, 0.1) is 0 Å². The summed E-state index contributed by atoms with van der Waals surface area (Å²) in [5, 5.41) is 53.4. The molecule has 0 saturated heterocycles. The number of phenols is 2. The van der Waals surface area contributed by atoms with Crippen molar-refractivity contribution in [2.75, 3.05) is 24.7 Å². The number of hydrogen-bond donors (Lipinski definition) is 7. The van der Waals surface area contributed by atoms with Crippen molar-refractivity contribution in [1.29, 1.82) is 0 Å². The Balaban J connectivity index is 1.66. The summed E-state index contributed by atoms with van der Waals surface area (Å²) in [6.07, 6.45) is 3.97. The van der Waals surface area contributed by atoms with E-state index in [9.17, 15) is 35.1 Å². The molecule has 5 aromatic rings. The number of aliphatic hydroxyl groups is 3. The zero-order valence-corrected chi connectivity index (χ0v) is 29.7. The number of allylic oxidation sites excluding steroid dienone is 1. The van der Waals surface area contributed by atoms with Crippen LogP contribution in [0.5, 0.6) is 17.2 Å². The van der Waals surface area contributed by atoms with E-state index in [4.69, 9.17) is 25.4 Å². The smallest absolute Gasteiger partial charge is 0.336 e. The first-order chi connectivity index (χ1) is 25.9. The number of nitrogen functional groups attached to an aromatic ring is 2. The normalized spacial score (nSPS) is 18.1. The summed E-state index contributed by atoms with van der Waals surface area (Å²) < 4.78 is 19.2. The Morgan fingerprint density at radius 3 is 2.50 bits per heavy atom. The predicted octanol–water partition coefficient (Wildman–Crippen LogP) is 3.74. The molecule has 4 atom stereocenters. The topological polar surface area (TPSA) is 245 Å². The standard InChI is InChI=1S/C40H42N4O10/c1-3-22(18-45)39(51)53-30-16-27-36(50)34-29(49)15-26(19-46)52-38(34)35(37(27)54-40(30,2)11-9-21-7-8-31(41)44-17-21)33(24-10-12-43-32(42)14-24)28(20-47)23-5-4-6-25(48)13-23/h3-8,10,12-15,17,28,30,33,45-48,50H,9,11,16,18-20H2,1-2H3,(H2,41,44)(H2,42,43)/b22-3-/t28-,30-,33+,40+/m1/s1. The molecule has 3 aromatic heterocycles. The highest BCUT2D eigenvalue weighted by atomic mass is 16.6. The minimum absolute atomic E-state index is 0.0127. The molecule has 6 rings (SSSR count). The van der Waals surface area contributed by atoms with Crippen molar-refractivity contribution in [2.45, 2.75) is 63.3 Å². The third-order valence-corrected chi connectivity index (χ3v) is 10.0. The van der Waals surface area contributed by atoms with Gasteiger partial charge < -0.3 is 50.9 Å². The third-order valence-electron chi connectivity index (χ3n) is 10.0. The van der Waals surface area contributed by atoms with Crippen LogP contribution in [0.2, 0.25) is 0 Å². The Morgan fingerprint density at radius 2 is 1.85 bits per heavy atom. The van der Waals surface area contributed by atoms with E-state index in [-0.39, 0.29) is 63.6 Å². The van der Waals surface area contributed by atoms with Crippen molar-refractivity contribution in [3.63, 3.8) is 0 Å². The van der Waals surface area contributed by atoms with E-state index in [0.29, 0.717) is 23.4 Å². The number of esters is 1. The summed E-state index contributed by atoms with van der Waals surface area (Å²) in [6.45, 7) is 1.64. The minimum atomic E-state index is -1.33. The first-order valence-corrected chi connectivity index (χ1v) is 17.3. The molecule has 9 N–H and O–H groups in total. The Bertz CT molecular complexity index is 2270. The zero-order chi connectivity index (χ0) is 38.7. The largest absolute Gasteiger partial charge is 0.508 e. The average molecular weight is 739 g/mol. The maximum Gasteiger partial charge on any atom is 0.336 e. The van der Waals surface area contributed by atoms with Crippen LogP contribution in [0.15, 0.2) is 87.9 Å². The molecule has 0 saturated carbocycles. The number of aryl methyl sites for hydroxylation is 1. The fourth-order valence-electron chi connectivity index (χ4n) is 7.10. The second-order valence-corrected chi connectivity index (χ2v) is 13.5. The van der Waals surface area contributed by atoms with Crippen molar-refractivity contribution in [1.82, 2.24) is 9.97 Å². The second-order valence-electron chi connectivity index (χ2n) is 13.5. The molecule has 0 fully saturated rings. The molecule has 0 aliphatic carbocycles. The van der Waals surface area contributed by atoms with Gasteiger partial charge in [-0.2, -0.15) is 0 Å². The summed E-state index contributed by atoms with van der Waals surface area (Å²) >= 11 is 0. The second kappa shape index (κ2) is 15.6. The highest BCUT2D eigenvalue weighted by Crippen LogP contribution is 2.53. The van der Waals surface area contributed by atoms with Crippen LogP contribution < -0.4 is 21.6 Å². The molecule has 0 amide bonds. The molecule has 1 aliphatic heterocycles. The van der Waals surface area contributed by atoms with Crippen molar-refractivity contribution in [3.8, 4) is 17.2 Å². The van der Waals surface area contributed by atoms with Crippen LogP contribution in [0.4, 0.5) is 11.6 Å². The van der Waals surface area contributed by atoms with Gasteiger partial charge in [0, 0.05) is 47.8 Å². The van der Waals surface area contributed by atoms with Crippen LogP contribution >= 0.6 is 0 Å². The Labute approximate surface area is 310 Å². The highest BCUT2D eigenvalue weighted by molar-refractivity contribution is 5.92. The maximum absolute atomic E-state index is 13.8. The summed E-state index contributed by atoms with van der Waals surface area (Å²) in [6, 6.07) is 14.2. The van der Waals surface area contributed by atoms with Gasteiger partial charge in [0.25, 0.3) is 0 Å². The number of aromatic nitrogens is 2. The number of hydrogen-bond acceptors (Lipinski definition) is 14. The molecular formula is C40H42N4O10. The molecule has 0 spiro atoms. The van der Waals surface area contributed by atoms with E-state index in [0.717, 1.165) is 11.6 Å². The number of rotatable bonds is 12. The summed E-state index contributed by atoms with van der Waals surface area (Å²) in [4.78, 5) is 35.5. The number of pyridine rings is 2. The average Bonchev–Trinajstić information content (AvgIpc) is 3.15. The Morgan fingerprint density at radius 1 is 1.06 bits per heavy atom. The van der Waals surface area contributed by atoms with Crippen LogP contribution in [-0.2, 0) is 29.0 Å². The van der Waals surface area contributed by atoms with Crippen LogP contribution in [0.25, 0.3) is 11.0 Å². The summed E-state index contributed by atoms with van der Waals surface area (Å²) in [5.74, 6) is -2.62. The number of nitrogens with two attached hydrogens (primary N) is 2. The number of anilines is 2. The van der Waals surface area contributed by atoms with Gasteiger partial charge in [-0.3, -0.25) is 4.79 Å².